The van der Waals surface area contributed by atoms with E-state index in [-0.39, 0.29) is 17.3 Å². The van der Waals surface area contributed by atoms with Crippen LogP contribution in [0.5, 0.6) is 0 Å². The summed E-state index contributed by atoms with van der Waals surface area (Å²) in [5, 5.41) is 0. The summed E-state index contributed by atoms with van der Waals surface area (Å²) < 4.78 is 14.2. The van der Waals surface area contributed by atoms with Gasteiger partial charge in [0.25, 0.3) is 0 Å². The summed E-state index contributed by atoms with van der Waals surface area (Å²) in [5.74, 6) is 5.50. The van der Waals surface area contributed by atoms with Crippen LogP contribution in [0.2, 0.25) is 0 Å². The number of halogens is 1. The smallest absolute Gasteiger partial charge is 0.128 e. The normalized spacial score (nSPS) is 13.2. The Balaban J connectivity index is 2.49. The average molecular weight is 272 g/mol. The highest BCUT2D eigenvalue weighted by Gasteiger charge is 2.33. The molecule has 0 bridgehead atoms. The van der Waals surface area contributed by atoms with E-state index < -0.39 is 0 Å². The minimum Gasteiger partial charge on any atom is -0.271 e. The van der Waals surface area contributed by atoms with Gasteiger partial charge in [0.1, 0.15) is 5.82 Å². The lowest BCUT2D eigenvalue weighted by Crippen LogP contribution is -2.41. The maximum absolute atomic E-state index is 14.2. The van der Waals surface area contributed by atoms with Crippen molar-refractivity contribution in [3.05, 3.63) is 71.0 Å². The molecular formula is C17H21FN2. The van der Waals surface area contributed by atoms with Gasteiger partial charge in [0.15, 0.2) is 0 Å². The van der Waals surface area contributed by atoms with E-state index in [9.17, 15) is 4.39 Å². The Morgan fingerprint density at radius 3 is 2.35 bits per heavy atom. The molecule has 0 aliphatic heterocycles. The van der Waals surface area contributed by atoms with Crippen molar-refractivity contribution < 1.29 is 4.39 Å². The summed E-state index contributed by atoms with van der Waals surface area (Å²) >= 11 is 0. The lowest BCUT2D eigenvalue weighted by atomic mass is 9.75. The molecule has 106 valence electrons. The molecule has 0 aliphatic carbocycles. The van der Waals surface area contributed by atoms with Gasteiger partial charge in [-0.1, -0.05) is 61.9 Å². The van der Waals surface area contributed by atoms with Crippen LogP contribution in [0, 0.1) is 12.7 Å². The van der Waals surface area contributed by atoms with E-state index in [1.54, 1.807) is 6.07 Å². The third kappa shape index (κ3) is 2.74. The van der Waals surface area contributed by atoms with Crippen LogP contribution in [0.4, 0.5) is 4.39 Å². The number of nitrogens with two attached hydrogens (primary N) is 1. The predicted molar refractivity (Wildman–Crippen MR) is 80.7 cm³/mol. The molecule has 2 nitrogen and oxygen atoms in total. The summed E-state index contributed by atoms with van der Waals surface area (Å²) in [7, 11) is 0. The first-order chi connectivity index (χ1) is 9.46. The molecule has 0 saturated heterocycles. The van der Waals surface area contributed by atoms with E-state index in [0.717, 1.165) is 11.1 Å². The predicted octanol–water partition coefficient (Wildman–Crippen LogP) is 3.62. The second kappa shape index (κ2) is 5.73. The zero-order chi connectivity index (χ0) is 14.8. The highest BCUT2D eigenvalue weighted by molar-refractivity contribution is 5.34. The summed E-state index contributed by atoms with van der Waals surface area (Å²) in [4.78, 5) is 0. The first-order valence-electron chi connectivity index (χ1n) is 6.74. The van der Waals surface area contributed by atoms with E-state index in [1.165, 1.54) is 6.07 Å². The van der Waals surface area contributed by atoms with Gasteiger partial charge in [-0.05, 0) is 18.6 Å². The minimum atomic E-state index is -0.329. The van der Waals surface area contributed by atoms with Crippen molar-refractivity contribution in [2.24, 2.45) is 5.84 Å². The lowest BCUT2D eigenvalue weighted by molar-refractivity contribution is 0.342. The van der Waals surface area contributed by atoms with E-state index in [4.69, 9.17) is 5.84 Å². The van der Waals surface area contributed by atoms with Gasteiger partial charge in [-0.2, -0.15) is 0 Å². The summed E-state index contributed by atoms with van der Waals surface area (Å²) in [6, 6.07) is 14.8. The number of rotatable bonds is 4. The van der Waals surface area contributed by atoms with Gasteiger partial charge >= 0.3 is 0 Å². The van der Waals surface area contributed by atoms with E-state index in [1.807, 2.05) is 43.3 Å². The zero-order valence-electron chi connectivity index (χ0n) is 12.2. The fourth-order valence-corrected chi connectivity index (χ4v) is 2.61. The number of aryl methyl sites for hydroxylation is 1. The second-order valence-electron chi connectivity index (χ2n) is 5.71. The van der Waals surface area contributed by atoms with Crippen LogP contribution in [-0.2, 0) is 5.41 Å². The quantitative estimate of drug-likeness (QED) is 0.659. The molecular weight excluding hydrogens is 251 g/mol. The molecule has 3 heteroatoms. The first kappa shape index (κ1) is 14.7. The van der Waals surface area contributed by atoms with Crippen LogP contribution < -0.4 is 11.3 Å². The van der Waals surface area contributed by atoms with Crippen LogP contribution >= 0.6 is 0 Å². The molecule has 0 amide bonds. The van der Waals surface area contributed by atoms with Crippen LogP contribution in [0.25, 0.3) is 0 Å². The topological polar surface area (TPSA) is 38.0 Å². The van der Waals surface area contributed by atoms with E-state index in [0.29, 0.717) is 5.56 Å². The Morgan fingerprint density at radius 1 is 1.10 bits per heavy atom. The molecule has 0 spiro atoms. The number of hydrazine groups is 1. The van der Waals surface area contributed by atoms with Gasteiger partial charge < -0.3 is 0 Å². The molecule has 1 unspecified atom stereocenters. The molecule has 2 aromatic carbocycles. The van der Waals surface area contributed by atoms with Crippen LogP contribution in [0.1, 0.15) is 36.6 Å². The number of benzene rings is 2. The van der Waals surface area contributed by atoms with Gasteiger partial charge in [0, 0.05) is 11.0 Å². The third-order valence-electron chi connectivity index (χ3n) is 3.87. The second-order valence-corrected chi connectivity index (χ2v) is 5.71. The van der Waals surface area contributed by atoms with Gasteiger partial charge in [-0.15, -0.1) is 0 Å². The number of nitrogens with one attached hydrogen (secondary N) is 1. The molecule has 0 fully saturated rings. The van der Waals surface area contributed by atoms with Crippen LogP contribution in [0.3, 0.4) is 0 Å². The Morgan fingerprint density at radius 2 is 1.75 bits per heavy atom. The van der Waals surface area contributed by atoms with Crippen molar-refractivity contribution in [1.82, 2.24) is 5.43 Å². The Bertz CT molecular complexity index is 579. The van der Waals surface area contributed by atoms with Crippen molar-refractivity contribution in [2.45, 2.75) is 32.2 Å². The van der Waals surface area contributed by atoms with Gasteiger partial charge in [0.05, 0.1) is 6.04 Å². The Kier molecular flexibility index (Phi) is 4.21. The average Bonchev–Trinajstić information content (AvgIpc) is 2.44. The molecule has 20 heavy (non-hydrogen) atoms. The molecule has 1 atom stereocenters. The first-order valence-corrected chi connectivity index (χ1v) is 6.74. The maximum Gasteiger partial charge on any atom is 0.128 e. The molecule has 0 heterocycles. The SMILES string of the molecule is Cc1ccc(F)c(C(NN)C(C)(C)c2ccccc2)c1. The van der Waals surface area contributed by atoms with Gasteiger partial charge in [0.2, 0.25) is 0 Å². The van der Waals surface area contributed by atoms with Gasteiger partial charge in [-0.25, -0.2) is 4.39 Å². The molecule has 0 aromatic heterocycles. The number of hydrogen-bond acceptors (Lipinski definition) is 2. The molecule has 2 rings (SSSR count). The van der Waals surface area contributed by atoms with Crippen molar-refractivity contribution in [2.75, 3.05) is 0 Å². The van der Waals surface area contributed by atoms with Crippen LogP contribution in [-0.4, -0.2) is 0 Å². The standard InChI is InChI=1S/C17H21FN2/c1-12-9-10-15(18)14(11-12)16(20-19)17(2,3)13-7-5-4-6-8-13/h4-11,16,20H,19H2,1-3H3. The lowest BCUT2D eigenvalue weighted by Gasteiger charge is -2.35. The zero-order valence-corrected chi connectivity index (χ0v) is 12.2. The molecule has 0 saturated carbocycles. The molecule has 0 radical (unpaired) electrons. The Hall–Kier alpha value is -1.71. The van der Waals surface area contributed by atoms with E-state index >= 15 is 0 Å². The fraction of sp³-hybridized carbons (Fsp3) is 0.294. The van der Waals surface area contributed by atoms with Crippen molar-refractivity contribution in [3.8, 4) is 0 Å². The fourth-order valence-electron chi connectivity index (χ4n) is 2.61. The minimum absolute atomic E-state index is 0.234. The number of hydrogen-bond donors (Lipinski definition) is 2. The molecule has 0 aliphatic rings. The van der Waals surface area contributed by atoms with Crippen molar-refractivity contribution >= 4 is 0 Å². The van der Waals surface area contributed by atoms with Crippen molar-refractivity contribution in [3.63, 3.8) is 0 Å². The van der Waals surface area contributed by atoms with Crippen molar-refractivity contribution in [1.29, 1.82) is 0 Å². The highest BCUT2D eigenvalue weighted by Crippen LogP contribution is 2.37. The van der Waals surface area contributed by atoms with Crippen LogP contribution in [0.15, 0.2) is 48.5 Å². The maximum atomic E-state index is 14.2. The summed E-state index contributed by atoms with van der Waals surface area (Å²) in [6.45, 7) is 6.08. The monoisotopic (exact) mass is 272 g/mol. The Labute approximate surface area is 119 Å². The molecule has 3 N–H and O–H groups in total. The largest absolute Gasteiger partial charge is 0.271 e. The highest BCUT2D eigenvalue weighted by atomic mass is 19.1. The molecule has 2 aromatic rings. The summed E-state index contributed by atoms with van der Waals surface area (Å²) in [6.07, 6.45) is 0. The summed E-state index contributed by atoms with van der Waals surface area (Å²) in [5.41, 5.74) is 5.19. The van der Waals surface area contributed by atoms with E-state index in [2.05, 4.69) is 19.3 Å². The third-order valence-corrected chi connectivity index (χ3v) is 3.87. The van der Waals surface area contributed by atoms with Gasteiger partial charge in [-0.3, -0.25) is 11.3 Å².